The minimum atomic E-state index is -4.59. The predicted molar refractivity (Wildman–Crippen MR) is 65.2 cm³/mol. The molecule has 4 nitrogen and oxygen atoms in total. The summed E-state index contributed by atoms with van der Waals surface area (Å²) in [6.07, 6.45) is -0.636. The van der Waals surface area contributed by atoms with Crippen LogP contribution >= 0.6 is 0 Å². The number of nitrogens with zero attached hydrogens (tertiary/aromatic N) is 1. The van der Waals surface area contributed by atoms with Crippen molar-refractivity contribution in [3.8, 4) is 0 Å². The SMILES string of the molecule is O=C(N[C@@H]1CCCOCC1)c1ccncc1C(F)(F)F. The molecule has 0 radical (unpaired) electrons. The number of hydrogen-bond donors (Lipinski definition) is 1. The van der Waals surface area contributed by atoms with Gasteiger partial charge in [0, 0.05) is 31.6 Å². The predicted octanol–water partition coefficient (Wildman–Crippen LogP) is 2.40. The normalized spacial score (nSPS) is 20.2. The molecule has 110 valence electrons. The molecule has 0 saturated carbocycles. The average molecular weight is 288 g/mol. The smallest absolute Gasteiger partial charge is 0.381 e. The van der Waals surface area contributed by atoms with Crippen LogP contribution in [0.5, 0.6) is 0 Å². The number of carbonyl (C=O) groups excluding carboxylic acids is 1. The highest BCUT2D eigenvalue weighted by Gasteiger charge is 2.35. The molecule has 7 heteroatoms. The fourth-order valence-electron chi connectivity index (χ4n) is 2.13. The number of rotatable bonds is 2. The van der Waals surface area contributed by atoms with E-state index >= 15 is 0 Å². The number of halogens is 3. The second kappa shape index (κ2) is 6.21. The maximum absolute atomic E-state index is 12.8. The minimum absolute atomic E-state index is 0.153. The van der Waals surface area contributed by atoms with E-state index in [1.165, 1.54) is 6.20 Å². The van der Waals surface area contributed by atoms with Crippen molar-refractivity contribution in [2.45, 2.75) is 31.5 Å². The third-order valence-corrected chi connectivity index (χ3v) is 3.16. The van der Waals surface area contributed by atoms with Gasteiger partial charge in [0.05, 0.1) is 11.1 Å². The maximum atomic E-state index is 12.8. The minimum Gasteiger partial charge on any atom is -0.381 e. The lowest BCUT2D eigenvalue weighted by Crippen LogP contribution is -2.36. The van der Waals surface area contributed by atoms with E-state index in [1.807, 2.05) is 0 Å². The number of ether oxygens (including phenoxy) is 1. The van der Waals surface area contributed by atoms with E-state index in [1.54, 1.807) is 0 Å². The Balaban J connectivity index is 2.13. The fraction of sp³-hybridized carbons (Fsp3) is 0.538. The Labute approximate surface area is 114 Å². The first-order chi connectivity index (χ1) is 9.48. The van der Waals surface area contributed by atoms with Crippen molar-refractivity contribution >= 4 is 5.91 Å². The summed E-state index contributed by atoms with van der Waals surface area (Å²) in [6, 6.07) is 0.935. The molecule has 2 heterocycles. The molecule has 20 heavy (non-hydrogen) atoms. The van der Waals surface area contributed by atoms with Crippen molar-refractivity contribution in [2.24, 2.45) is 0 Å². The number of hydrogen-bond acceptors (Lipinski definition) is 3. The number of alkyl halides is 3. The van der Waals surface area contributed by atoms with Crippen LogP contribution in [0.2, 0.25) is 0 Å². The van der Waals surface area contributed by atoms with Crippen LogP contribution in [0.25, 0.3) is 0 Å². The summed E-state index contributed by atoms with van der Waals surface area (Å²) in [5.74, 6) is -0.716. The first kappa shape index (κ1) is 14.8. The van der Waals surface area contributed by atoms with Crippen molar-refractivity contribution in [1.29, 1.82) is 0 Å². The molecule has 1 amide bonds. The second-order valence-corrected chi connectivity index (χ2v) is 4.63. The standard InChI is InChI=1S/C13H15F3N2O2/c14-13(15,16)11-8-17-5-3-10(11)12(19)18-9-2-1-6-20-7-4-9/h3,5,8-9H,1-2,4,6-7H2,(H,18,19)/t9-/m1/s1. The Morgan fingerprint density at radius 3 is 2.90 bits per heavy atom. The van der Waals surface area contributed by atoms with Gasteiger partial charge in [-0.3, -0.25) is 9.78 Å². The van der Waals surface area contributed by atoms with E-state index in [0.29, 0.717) is 32.3 Å². The monoisotopic (exact) mass is 288 g/mol. The largest absolute Gasteiger partial charge is 0.418 e. The Kier molecular flexibility index (Phi) is 4.59. The van der Waals surface area contributed by atoms with E-state index in [2.05, 4.69) is 10.3 Å². The van der Waals surface area contributed by atoms with Crippen LogP contribution in [0.1, 0.15) is 35.2 Å². The van der Waals surface area contributed by atoms with Crippen LogP contribution in [0.3, 0.4) is 0 Å². The topological polar surface area (TPSA) is 51.2 Å². The van der Waals surface area contributed by atoms with E-state index in [9.17, 15) is 18.0 Å². The van der Waals surface area contributed by atoms with E-state index in [-0.39, 0.29) is 6.04 Å². The summed E-state index contributed by atoms with van der Waals surface area (Å²) in [4.78, 5) is 15.4. The lowest BCUT2D eigenvalue weighted by Gasteiger charge is -2.17. The summed E-state index contributed by atoms with van der Waals surface area (Å²) in [5.41, 5.74) is -1.40. The molecule has 1 aromatic heterocycles. The summed E-state index contributed by atoms with van der Waals surface area (Å²) in [6.45, 7) is 1.13. The molecule has 1 N–H and O–H groups in total. The Morgan fingerprint density at radius 1 is 1.35 bits per heavy atom. The molecule has 1 aromatic rings. The van der Waals surface area contributed by atoms with Crippen LogP contribution in [0, 0.1) is 0 Å². The summed E-state index contributed by atoms with van der Waals surface area (Å²) in [5, 5.41) is 2.64. The van der Waals surface area contributed by atoms with Gasteiger partial charge in [-0.1, -0.05) is 0 Å². The summed E-state index contributed by atoms with van der Waals surface area (Å²) >= 11 is 0. The van der Waals surface area contributed by atoms with Gasteiger partial charge in [-0.15, -0.1) is 0 Å². The van der Waals surface area contributed by atoms with Crippen LogP contribution in [-0.4, -0.2) is 30.1 Å². The van der Waals surface area contributed by atoms with Crippen LogP contribution in [0.4, 0.5) is 13.2 Å². The lowest BCUT2D eigenvalue weighted by molar-refractivity contribution is -0.138. The zero-order valence-corrected chi connectivity index (χ0v) is 10.7. The highest BCUT2D eigenvalue weighted by Crippen LogP contribution is 2.31. The van der Waals surface area contributed by atoms with Crippen molar-refractivity contribution in [2.75, 3.05) is 13.2 Å². The number of amides is 1. The van der Waals surface area contributed by atoms with E-state index in [4.69, 9.17) is 4.74 Å². The summed E-state index contributed by atoms with van der Waals surface area (Å²) in [7, 11) is 0. The maximum Gasteiger partial charge on any atom is 0.418 e. The van der Waals surface area contributed by atoms with Gasteiger partial charge in [-0.25, -0.2) is 0 Å². The zero-order chi connectivity index (χ0) is 14.6. The van der Waals surface area contributed by atoms with Gasteiger partial charge in [-0.05, 0) is 25.3 Å². The number of nitrogens with one attached hydrogen (secondary N) is 1. The highest BCUT2D eigenvalue weighted by molar-refractivity contribution is 5.95. The third-order valence-electron chi connectivity index (χ3n) is 3.16. The fourth-order valence-corrected chi connectivity index (χ4v) is 2.13. The average Bonchev–Trinajstić information content (AvgIpc) is 2.66. The highest BCUT2D eigenvalue weighted by atomic mass is 19.4. The Hall–Kier alpha value is -1.63. The second-order valence-electron chi connectivity index (χ2n) is 4.63. The number of pyridine rings is 1. The Morgan fingerprint density at radius 2 is 2.15 bits per heavy atom. The molecule has 0 bridgehead atoms. The van der Waals surface area contributed by atoms with Gasteiger partial charge in [0.15, 0.2) is 0 Å². The first-order valence-corrected chi connectivity index (χ1v) is 6.38. The van der Waals surface area contributed by atoms with E-state index < -0.39 is 23.2 Å². The lowest BCUT2D eigenvalue weighted by atomic mass is 10.1. The quantitative estimate of drug-likeness (QED) is 0.909. The van der Waals surface area contributed by atoms with Crippen molar-refractivity contribution in [3.63, 3.8) is 0 Å². The molecule has 1 fully saturated rings. The van der Waals surface area contributed by atoms with Gasteiger partial charge in [0.2, 0.25) is 0 Å². The number of carbonyl (C=O) groups is 1. The molecule has 1 aliphatic heterocycles. The van der Waals surface area contributed by atoms with Crippen LogP contribution in [-0.2, 0) is 10.9 Å². The van der Waals surface area contributed by atoms with Gasteiger partial charge >= 0.3 is 6.18 Å². The molecule has 2 rings (SSSR count). The molecule has 1 saturated heterocycles. The Bertz CT molecular complexity index is 469. The molecule has 0 spiro atoms. The molecular formula is C13H15F3N2O2. The van der Waals surface area contributed by atoms with Crippen molar-refractivity contribution < 1.29 is 22.7 Å². The van der Waals surface area contributed by atoms with Crippen LogP contribution < -0.4 is 5.32 Å². The molecular weight excluding hydrogens is 273 g/mol. The molecule has 0 aromatic carbocycles. The van der Waals surface area contributed by atoms with Gasteiger partial charge in [0.25, 0.3) is 5.91 Å². The molecule has 0 aliphatic carbocycles. The van der Waals surface area contributed by atoms with Crippen LogP contribution in [0.15, 0.2) is 18.5 Å². The van der Waals surface area contributed by atoms with Gasteiger partial charge < -0.3 is 10.1 Å². The van der Waals surface area contributed by atoms with Crippen molar-refractivity contribution in [3.05, 3.63) is 29.6 Å². The van der Waals surface area contributed by atoms with E-state index in [0.717, 1.165) is 12.5 Å². The van der Waals surface area contributed by atoms with Crippen molar-refractivity contribution in [1.82, 2.24) is 10.3 Å². The van der Waals surface area contributed by atoms with Gasteiger partial charge in [-0.2, -0.15) is 13.2 Å². The third kappa shape index (κ3) is 3.69. The summed E-state index contributed by atoms with van der Waals surface area (Å²) < 4.78 is 43.7. The molecule has 1 aliphatic rings. The molecule has 1 atom stereocenters. The first-order valence-electron chi connectivity index (χ1n) is 6.38. The molecule has 0 unspecified atom stereocenters. The zero-order valence-electron chi connectivity index (χ0n) is 10.7. The van der Waals surface area contributed by atoms with Gasteiger partial charge in [0.1, 0.15) is 0 Å². The number of aromatic nitrogens is 1.